The van der Waals surface area contributed by atoms with Crippen molar-refractivity contribution in [2.24, 2.45) is 0 Å². The van der Waals surface area contributed by atoms with E-state index in [9.17, 15) is 0 Å². The lowest BCUT2D eigenvalue weighted by Gasteiger charge is -2.01. The maximum absolute atomic E-state index is 3.44. The molecular weight excluding hydrogens is 260 g/mol. The fraction of sp³-hybridized carbons (Fsp3) is 0.0667. The Morgan fingerprint density at radius 1 is 0.938 bits per heavy atom. The lowest BCUT2D eigenvalue weighted by molar-refractivity contribution is 1.56. The second kappa shape index (κ2) is 5.13. The highest BCUT2D eigenvalue weighted by atomic mass is 79.9. The van der Waals surface area contributed by atoms with Crippen molar-refractivity contribution >= 4 is 27.6 Å². The molecule has 0 spiro atoms. The summed E-state index contributed by atoms with van der Waals surface area (Å²) in [6, 6.07) is 18.8. The van der Waals surface area contributed by atoms with Crippen LogP contribution in [0.3, 0.4) is 0 Å². The van der Waals surface area contributed by atoms with Crippen molar-refractivity contribution < 1.29 is 0 Å². The van der Waals surface area contributed by atoms with Crippen LogP contribution in [-0.4, -0.2) is 0 Å². The largest absolute Gasteiger partial charge is 0.0622 e. The van der Waals surface area contributed by atoms with Crippen molar-refractivity contribution in [3.63, 3.8) is 0 Å². The first-order valence-electron chi connectivity index (χ1n) is 5.25. The smallest absolute Gasteiger partial charge is 0.0175 e. The zero-order chi connectivity index (χ0) is 11.4. The SMILES string of the molecule is CC(=Cc1ccc(Br)cc1)c1ccccc1. The molecule has 0 aliphatic rings. The van der Waals surface area contributed by atoms with Crippen molar-refractivity contribution in [2.45, 2.75) is 6.92 Å². The fourth-order valence-electron chi connectivity index (χ4n) is 1.59. The summed E-state index contributed by atoms with van der Waals surface area (Å²) in [6.45, 7) is 2.14. The van der Waals surface area contributed by atoms with Crippen LogP contribution in [0.25, 0.3) is 11.6 Å². The molecule has 2 aromatic carbocycles. The number of rotatable bonds is 2. The monoisotopic (exact) mass is 272 g/mol. The van der Waals surface area contributed by atoms with E-state index in [1.54, 1.807) is 0 Å². The summed E-state index contributed by atoms with van der Waals surface area (Å²) >= 11 is 3.44. The molecule has 0 bridgehead atoms. The quantitative estimate of drug-likeness (QED) is 0.675. The van der Waals surface area contributed by atoms with Gasteiger partial charge in [-0.1, -0.05) is 64.5 Å². The van der Waals surface area contributed by atoms with E-state index in [0.29, 0.717) is 0 Å². The van der Waals surface area contributed by atoms with Gasteiger partial charge in [0.25, 0.3) is 0 Å². The lowest BCUT2D eigenvalue weighted by atomic mass is 10.0. The summed E-state index contributed by atoms with van der Waals surface area (Å²) in [6.07, 6.45) is 2.20. The van der Waals surface area contributed by atoms with Crippen LogP contribution >= 0.6 is 15.9 Å². The Bertz CT molecular complexity index is 481. The third-order valence-electron chi connectivity index (χ3n) is 2.48. The summed E-state index contributed by atoms with van der Waals surface area (Å²) in [5.41, 5.74) is 3.78. The standard InChI is InChI=1S/C15H13Br/c1-12(14-5-3-2-4-6-14)11-13-7-9-15(16)10-8-13/h2-11H,1H3. The minimum atomic E-state index is 1.11. The molecule has 0 heterocycles. The van der Waals surface area contributed by atoms with E-state index >= 15 is 0 Å². The van der Waals surface area contributed by atoms with E-state index in [-0.39, 0.29) is 0 Å². The molecule has 16 heavy (non-hydrogen) atoms. The topological polar surface area (TPSA) is 0 Å². The maximum Gasteiger partial charge on any atom is 0.0175 e. The van der Waals surface area contributed by atoms with Crippen molar-refractivity contribution in [1.82, 2.24) is 0 Å². The first-order chi connectivity index (χ1) is 7.75. The van der Waals surface area contributed by atoms with Gasteiger partial charge < -0.3 is 0 Å². The summed E-state index contributed by atoms with van der Waals surface area (Å²) in [5, 5.41) is 0. The van der Waals surface area contributed by atoms with Gasteiger partial charge in [-0.15, -0.1) is 0 Å². The molecule has 0 aliphatic carbocycles. The molecule has 0 saturated carbocycles. The predicted octanol–water partition coefficient (Wildman–Crippen LogP) is 5.01. The van der Waals surface area contributed by atoms with E-state index < -0.39 is 0 Å². The van der Waals surface area contributed by atoms with Crippen LogP contribution < -0.4 is 0 Å². The minimum Gasteiger partial charge on any atom is -0.0622 e. The van der Waals surface area contributed by atoms with Gasteiger partial charge >= 0.3 is 0 Å². The number of benzene rings is 2. The lowest BCUT2D eigenvalue weighted by Crippen LogP contribution is -1.79. The molecule has 0 nitrogen and oxygen atoms in total. The highest BCUT2D eigenvalue weighted by Crippen LogP contribution is 2.18. The highest BCUT2D eigenvalue weighted by molar-refractivity contribution is 9.10. The molecule has 0 atom stereocenters. The summed E-state index contributed by atoms with van der Waals surface area (Å²) in [4.78, 5) is 0. The van der Waals surface area contributed by atoms with Crippen LogP contribution in [0.5, 0.6) is 0 Å². The average Bonchev–Trinajstić information content (AvgIpc) is 2.33. The van der Waals surface area contributed by atoms with Crippen LogP contribution in [0.2, 0.25) is 0 Å². The van der Waals surface area contributed by atoms with Gasteiger partial charge in [0.15, 0.2) is 0 Å². The Hall–Kier alpha value is -1.34. The molecule has 0 fully saturated rings. The average molecular weight is 273 g/mol. The van der Waals surface area contributed by atoms with Crippen molar-refractivity contribution in [3.8, 4) is 0 Å². The second-order valence-corrected chi connectivity index (χ2v) is 4.66. The third kappa shape index (κ3) is 2.83. The second-order valence-electron chi connectivity index (χ2n) is 3.74. The molecule has 1 heteroatoms. The van der Waals surface area contributed by atoms with Crippen LogP contribution in [0.1, 0.15) is 18.1 Å². The molecule has 0 radical (unpaired) electrons. The van der Waals surface area contributed by atoms with Crippen LogP contribution in [0.4, 0.5) is 0 Å². The first kappa shape index (κ1) is 11.2. The molecular formula is C15H13Br. The van der Waals surface area contributed by atoms with Gasteiger partial charge in [-0.2, -0.15) is 0 Å². The van der Waals surface area contributed by atoms with E-state index in [1.807, 2.05) is 6.07 Å². The van der Waals surface area contributed by atoms with Crippen LogP contribution in [0.15, 0.2) is 59.1 Å². The van der Waals surface area contributed by atoms with Gasteiger partial charge in [-0.3, -0.25) is 0 Å². The van der Waals surface area contributed by atoms with Crippen molar-refractivity contribution in [1.29, 1.82) is 0 Å². The molecule has 0 saturated heterocycles. The molecule has 0 aliphatic heterocycles. The van der Waals surface area contributed by atoms with Gasteiger partial charge in [0, 0.05) is 4.47 Å². The first-order valence-corrected chi connectivity index (χ1v) is 6.04. The Morgan fingerprint density at radius 2 is 1.56 bits per heavy atom. The van der Waals surface area contributed by atoms with E-state index in [4.69, 9.17) is 0 Å². The molecule has 0 unspecified atom stereocenters. The number of halogens is 1. The van der Waals surface area contributed by atoms with E-state index in [0.717, 1.165) is 4.47 Å². The predicted molar refractivity (Wildman–Crippen MR) is 74.1 cm³/mol. The normalized spacial score (nSPS) is 11.5. The van der Waals surface area contributed by atoms with E-state index in [2.05, 4.69) is 77.5 Å². The summed E-state index contributed by atoms with van der Waals surface area (Å²) in [5.74, 6) is 0. The zero-order valence-corrected chi connectivity index (χ0v) is 10.7. The Balaban J connectivity index is 2.28. The zero-order valence-electron chi connectivity index (χ0n) is 9.15. The van der Waals surface area contributed by atoms with Crippen LogP contribution in [-0.2, 0) is 0 Å². The van der Waals surface area contributed by atoms with Crippen molar-refractivity contribution in [2.75, 3.05) is 0 Å². The van der Waals surface area contributed by atoms with Gasteiger partial charge in [0.05, 0.1) is 0 Å². The summed E-state index contributed by atoms with van der Waals surface area (Å²) < 4.78 is 1.11. The number of hydrogen-bond donors (Lipinski definition) is 0. The van der Waals surface area contributed by atoms with Crippen LogP contribution in [0, 0.1) is 0 Å². The Labute approximate surface area is 105 Å². The molecule has 0 N–H and O–H groups in total. The highest BCUT2D eigenvalue weighted by Gasteiger charge is 1.94. The Kier molecular flexibility index (Phi) is 3.58. The maximum atomic E-state index is 3.44. The van der Waals surface area contributed by atoms with Gasteiger partial charge in [-0.05, 0) is 35.8 Å². The van der Waals surface area contributed by atoms with Gasteiger partial charge in [0.2, 0.25) is 0 Å². The van der Waals surface area contributed by atoms with Gasteiger partial charge in [-0.25, -0.2) is 0 Å². The minimum absolute atomic E-state index is 1.11. The molecule has 2 rings (SSSR count). The number of allylic oxidation sites excluding steroid dienone is 1. The van der Waals surface area contributed by atoms with E-state index in [1.165, 1.54) is 16.7 Å². The third-order valence-corrected chi connectivity index (χ3v) is 3.01. The number of hydrogen-bond acceptors (Lipinski definition) is 0. The molecule has 0 aromatic heterocycles. The Morgan fingerprint density at radius 3 is 2.19 bits per heavy atom. The molecule has 80 valence electrons. The van der Waals surface area contributed by atoms with Gasteiger partial charge in [0.1, 0.15) is 0 Å². The summed E-state index contributed by atoms with van der Waals surface area (Å²) in [7, 11) is 0. The molecule has 0 amide bonds. The van der Waals surface area contributed by atoms with Crippen molar-refractivity contribution in [3.05, 3.63) is 70.2 Å². The molecule has 2 aromatic rings. The fourth-order valence-corrected chi connectivity index (χ4v) is 1.86.